The number of hydrogen-bond acceptors (Lipinski definition) is 6. The Hall–Kier alpha value is -2.73. The van der Waals surface area contributed by atoms with Crippen molar-refractivity contribution < 1.29 is 14.4 Å². The van der Waals surface area contributed by atoms with Crippen LogP contribution < -0.4 is 10.6 Å². The fourth-order valence-electron chi connectivity index (χ4n) is 8.93. The van der Waals surface area contributed by atoms with Crippen molar-refractivity contribution in [1.82, 2.24) is 25.3 Å². The van der Waals surface area contributed by atoms with E-state index in [1.165, 1.54) is 38.5 Å². The van der Waals surface area contributed by atoms with E-state index in [1.54, 1.807) is 4.90 Å². The molecule has 1 atom stereocenters. The topological polar surface area (TPSA) is 85.0 Å². The maximum Gasteiger partial charge on any atom is 0.255 e. The van der Waals surface area contributed by atoms with Gasteiger partial charge in [0.15, 0.2) is 0 Å². The number of imide groups is 1. The summed E-state index contributed by atoms with van der Waals surface area (Å²) in [5, 5.41) is 6.42. The maximum absolute atomic E-state index is 13.1. The van der Waals surface area contributed by atoms with Gasteiger partial charge in [0.1, 0.15) is 6.04 Å². The first-order valence-corrected chi connectivity index (χ1v) is 15.4. The summed E-state index contributed by atoms with van der Waals surface area (Å²) in [7, 11) is 0. The average molecular weight is 544 g/mol. The van der Waals surface area contributed by atoms with Crippen LogP contribution >= 0.6 is 0 Å². The highest BCUT2D eigenvalue weighted by molar-refractivity contribution is 6.05. The van der Waals surface area contributed by atoms with Crippen molar-refractivity contribution in [2.45, 2.75) is 69.5 Å². The number of nitrogens with zero attached hydrogens (tertiary/aromatic N) is 3. The fourth-order valence-corrected chi connectivity index (χ4v) is 8.93. The van der Waals surface area contributed by atoms with E-state index in [0.29, 0.717) is 30.6 Å². The van der Waals surface area contributed by atoms with Crippen LogP contribution in [0.3, 0.4) is 0 Å². The Morgan fingerprint density at radius 3 is 2.35 bits per heavy atom. The third-order valence-electron chi connectivity index (χ3n) is 10.5. The van der Waals surface area contributed by atoms with Gasteiger partial charge in [-0.1, -0.05) is 17.9 Å². The number of nitrogens with one attached hydrogen (secondary N) is 2. The van der Waals surface area contributed by atoms with Crippen molar-refractivity contribution in [2.75, 3.05) is 45.8 Å². The van der Waals surface area contributed by atoms with Crippen molar-refractivity contribution in [3.63, 3.8) is 0 Å². The molecule has 8 rings (SSSR count). The highest BCUT2D eigenvalue weighted by atomic mass is 16.2. The lowest BCUT2D eigenvalue weighted by atomic mass is 9.53. The Balaban J connectivity index is 0.886. The molecule has 4 aliphatic carbocycles. The standard InChI is InChI=1S/C32H41N5O3/c38-29-7-6-28(30(39)34-29)37-21-27-25(3-1-5-26(27)31(37)40)4-2-9-35-11-13-36(14-12-35)10-8-33-32-18-22-15-23(19-32)17-24(16-22)20-32/h1,3,5,22-24,28,33H,6-21H2,(H,34,38,39). The number of carbonyl (C=O) groups excluding carboxylic acids is 3. The minimum absolute atomic E-state index is 0.151. The molecule has 7 aliphatic rings. The average Bonchev–Trinajstić information content (AvgIpc) is 3.25. The molecule has 2 saturated heterocycles. The number of benzene rings is 1. The Morgan fingerprint density at radius 2 is 1.65 bits per heavy atom. The van der Waals surface area contributed by atoms with Gasteiger partial charge in [-0.2, -0.15) is 0 Å². The van der Waals surface area contributed by atoms with Crippen molar-refractivity contribution in [3.8, 4) is 11.8 Å². The molecule has 1 unspecified atom stereocenters. The van der Waals surface area contributed by atoms with E-state index in [9.17, 15) is 14.4 Å². The molecule has 4 bridgehead atoms. The Kier molecular flexibility index (Phi) is 6.93. The minimum atomic E-state index is -0.600. The summed E-state index contributed by atoms with van der Waals surface area (Å²) in [5.41, 5.74) is 2.82. The van der Waals surface area contributed by atoms with Gasteiger partial charge in [-0.3, -0.25) is 29.5 Å². The monoisotopic (exact) mass is 543 g/mol. The molecule has 3 aliphatic heterocycles. The summed E-state index contributed by atoms with van der Waals surface area (Å²) in [6.07, 6.45) is 9.37. The van der Waals surface area contributed by atoms with Gasteiger partial charge in [0, 0.05) is 68.9 Å². The number of rotatable bonds is 6. The van der Waals surface area contributed by atoms with Crippen LogP contribution in [0.25, 0.3) is 0 Å². The van der Waals surface area contributed by atoms with Crippen LogP contribution in [0.5, 0.6) is 0 Å². The second kappa shape index (κ2) is 10.6. The van der Waals surface area contributed by atoms with Crippen molar-refractivity contribution >= 4 is 17.7 Å². The Labute approximate surface area is 237 Å². The first kappa shape index (κ1) is 26.2. The molecular weight excluding hydrogens is 502 g/mol. The van der Waals surface area contributed by atoms with E-state index in [1.807, 2.05) is 18.2 Å². The van der Waals surface area contributed by atoms with Crippen LogP contribution in [-0.4, -0.2) is 89.8 Å². The quantitative estimate of drug-likeness (QED) is 0.422. The van der Waals surface area contributed by atoms with Crippen molar-refractivity contribution in [1.29, 1.82) is 0 Å². The van der Waals surface area contributed by atoms with Crippen molar-refractivity contribution in [3.05, 3.63) is 34.9 Å². The lowest BCUT2D eigenvalue weighted by Crippen LogP contribution is -2.59. The number of piperazine rings is 1. The Morgan fingerprint density at radius 1 is 0.950 bits per heavy atom. The summed E-state index contributed by atoms with van der Waals surface area (Å²) >= 11 is 0. The van der Waals surface area contributed by atoms with E-state index in [0.717, 1.165) is 68.1 Å². The number of fused-ring (bicyclic) bond motifs is 1. The zero-order chi connectivity index (χ0) is 27.3. The van der Waals surface area contributed by atoms with E-state index >= 15 is 0 Å². The lowest BCUT2D eigenvalue weighted by Gasteiger charge is -2.57. The van der Waals surface area contributed by atoms with Gasteiger partial charge in [0.05, 0.1) is 6.54 Å². The largest absolute Gasteiger partial charge is 0.322 e. The number of amides is 3. The van der Waals surface area contributed by atoms with E-state index < -0.39 is 6.04 Å². The fraction of sp³-hybridized carbons (Fsp3) is 0.656. The molecule has 6 fully saturated rings. The van der Waals surface area contributed by atoms with Crippen LogP contribution in [0, 0.1) is 29.6 Å². The van der Waals surface area contributed by atoms with Crippen LogP contribution in [0.4, 0.5) is 0 Å². The second-order valence-corrected chi connectivity index (χ2v) is 13.3. The highest BCUT2D eigenvalue weighted by Gasteiger charge is 2.50. The first-order valence-electron chi connectivity index (χ1n) is 15.4. The third kappa shape index (κ3) is 5.08. The molecular formula is C32H41N5O3. The van der Waals surface area contributed by atoms with Crippen LogP contribution in [0.2, 0.25) is 0 Å². The predicted molar refractivity (Wildman–Crippen MR) is 151 cm³/mol. The smallest absolute Gasteiger partial charge is 0.255 e. The zero-order valence-electron chi connectivity index (χ0n) is 23.4. The Bertz CT molecular complexity index is 1220. The molecule has 2 N–H and O–H groups in total. The molecule has 1 aromatic carbocycles. The van der Waals surface area contributed by atoms with Crippen LogP contribution in [-0.2, 0) is 16.1 Å². The maximum atomic E-state index is 13.1. The molecule has 212 valence electrons. The highest BCUT2D eigenvalue weighted by Crippen LogP contribution is 2.55. The number of carbonyl (C=O) groups is 3. The molecule has 0 aromatic heterocycles. The first-order chi connectivity index (χ1) is 19.4. The molecule has 8 nitrogen and oxygen atoms in total. The molecule has 0 spiro atoms. The summed E-state index contributed by atoms with van der Waals surface area (Å²) in [4.78, 5) is 43.6. The van der Waals surface area contributed by atoms with Crippen LogP contribution in [0.1, 0.15) is 72.9 Å². The molecule has 3 amide bonds. The normalized spacial score (nSPS) is 33.6. The summed E-state index contributed by atoms with van der Waals surface area (Å²) < 4.78 is 0. The molecule has 0 radical (unpaired) electrons. The molecule has 40 heavy (non-hydrogen) atoms. The van der Waals surface area contributed by atoms with Gasteiger partial charge in [-0.15, -0.1) is 0 Å². The van der Waals surface area contributed by atoms with Gasteiger partial charge < -0.3 is 10.2 Å². The van der Waals surface area contributed by atoms with E-state index in [-0.39, 0.29) is 24.1 Å². The zero-order valence-corrected chi connectivity index (χ0v) is 23.4. The van der Waals surface area contributed by atoms with Gasteiger partial charge in [-0.05, 0) is 80.4 Å². The van der Waals surface area contributed by atoms with Gasteiger partial charge in [0.2, 0.25) is 11.8 Å². The summed E-state index contributed by atoms with van der Waals surface area (Å²) in [6, 6.07) is 5.04. The SMILES string of the molecule is O=C1CCC(N2Cc3c(C#CCN4CCN(CCNC56CC7CC(CC(C7)C5)C6)CC4)cccc3C2=O)C(=O)N1. The molecule has 1 aromatic rings. The third-order valence-corrected chi connectivity index (χ3v) is 10.5. The lowest BCUT2D eigenvalue weighted by molar-refractivity contribution is -0.136. The molecule has 4 saturated carbocycles. The minimum Gasteiger partial charge on any atom is -0.322 e. The van der Waals surface area contributed by atoms with Gasteiger partial charge in [0.25, 0.3) is 5.91 Å². The second-order valence-electron chi connectivity index (χ2n) is 13.3. The number of hydrogen-bond donors (Lipinski definition) is 2. The van der Waals surface area contributed by atoms with Gasteiger partial charge >= 0.3 is 0 Å². The molecule has 8 heteroatoms. The molecule has 3 heterocycles. The van der Waals surface area contributed by atoms with E-state index in [4.69, 9.17) is 0 Å². The number of piperidine rings is 1. The summed E-state index contributed by atoms with van der Waals surface area (Å²) in [6.45, 7) is 7.55. The van der Waals surface area contributed by atoms with E-state index in [2.05, 4.69) is 32.3 Å². The van der Waals surface area contributed by atoms with Crippen molar-refractivity contribution in [2.24, 2.45) is 17.8 Å². The summed E-state index contributed by atoms with van der Waals surface area (Å²) in [5.74, 6) is 8.83. The van der Waals surface area contributed by atoms with Gasteiger partial charge in [-0.25, -0.2) is 0 Å². The van der Waals surface area contributed by atoms with Crippen LogP contribution in [0.15, 0.2) is 18.2 Å². The predicted octanol–water partition coefficient (Wildman–Crippen LogP) is 1.98.